The zero-order chi connectivity index (χ0) is 20.9. The first-order chi connectivity index (χ1) is 15.2. The molecule has 0 N–H and O–H groups in total. The summed E-state index contributed by atoms with van der Waals surface area (Å²) in [5.74, 6) is 0.755. The second-order valence-electron chi connectivity index (χ2n) is 7.69. The van der Waals surface area contributed by atoms with Crippen molar-refractivity contribution in [1.29, 1.82) is 0 Å². The van der Waals surface area contributed by atoms with Gasteiger partial charge in [0.05, 0.1) is 17.2 Å². The van der Waals surface area contributed by atoms with Crippen molar-refractivity contribution in [2.24, 2.45) is 0 Å². The fourth-order valence-corrected chi connectivity index (χ4v) is 4.47. The van der Waals surface area contributed by atoms with E-state index in [1.807, 2.05) is 91.0 Å². The molecule has 2 heterocycles. The van der Waals surface area contributed by atoms with E-state index in [0.29, 0.717) is 22.6 Å². The van der Waals surface area contributed by atoms with Gasteiger partial charge < -0.3 is 4.74 Å². The van der Waals surface area contributed by atoms with Crippen molar-refractivity contribution in [2.75, 3.05) is 0 Å². The molecule has 0 aromatic heterocycles. The first-order valence-electron chi connectivity index (χ1n) is 10.2. The van der Waals surface area contributed by atoms with E-state index in [1.54, 1.807) is 6.07 Å². The van der Waals surface area contributed by atoms with E-state index >= 15 is 0 Å². The van der Waals surface area contributed by atoms with E-state index in [2.05, 4.69) is 0 Å². The molecular formula is C27H17NO3. The van der Waals surface area contributed by atoms with Crippen LogP contribution in [0.15, 0.2) is 97.1 Å². The van der Waals surface area contributed by atoms with Gasteiger partial charge in [0.25, 0.3) is 11.8 Å². The van der Waals surface area contributed by atoms with Crippen LogP contribution in [-0.4, -0.2) is 16.7 Å². The number of rotatable bonds is 2. The van der Waals surface area contributed by atoms with E-state index in [9.17, 15) is 9.59 Å². The highest BCUT2D eigenvalue weighted by molar-refractivity contribution is 6.22. The number of carbonyl (C=O) groups excluding carboxylic acids is 2. The molecule has 2 aliphatic rings. The van der Waals surface area contributed by atoms with Crippen LogP contribution in [0.3, 0.4) is 0 Å². The topological polar surface area (TPSA) is 46.6 Å². The normalized spacial score (nSPS) is 14.6. The van der Waals surface area contributed by atoms with Crippen molar-refractivity contribution in [1.82, 2.24) is 4.90 Å². The Morgan fingerprint density at radius 2 is 1.16 bits per heavy atom. The van der Waals surface area contributed by atoms with Crippen molar-refractivity contribution >= 4 is 11.8 Å². The molecule has 0 saturated carbocycles. The van der Waals surface area contributed by atoms with Crippen LogP contribution in [0.25, 0.3) is 11.1 Å². The third kappa shape index (κ3) is 2.62. The Bertz CT molecular complexity index is 1310. The molecule has 0 aliphatic carbocycles. The number of ether oxygens (including phenoxy) is 1. The average Bonchev–Trinajstić information content (AvgIpc) is 3.07. The summed E-state index contributed by atoms with van der Waals surface area (Å²) in [5.41, 5.74) is 4.40. The molecule has 2 aliphatic heterocycles. The van der Waals surface area contributed by atoms with E-state index in [4.69, 9.17) is 4.74 Å². The number of carbonyl (C=O) groups is 2. The lowest BCUT2D eigenvalue weighted by Crippen LogP contribution is -2.36. The molecule has 0 atom stereocenters. The molecule has 4 aromatic rings. The van der Waals surface area contributed by atoms with Crippen molar-refractivity contribution in [3.05, 3.63) is 119 Å². The molecule has 31 heavy (non-hydrogen) atoms. The first-order valence-corrected chi connectivity index (χ1v) is 10.2. The van der Waals surface area contributed by atoms with Crippen molar-refractivity contribution in [3.8, 4) is 22.6 Å². The number of hydrogen-bond acceptors (Lipinski definition) is 3. The summed E-state index contributed by atoms with van der Waals surface area (Å²) in [6, 6.07) is 29.9. The molecule has 0 unspecified atom stereocenters. The van der Waals surface area contributed by atoms with Crippen LogP contribution in [0.2, 0.25) is 0 Å². The fraction of sp³-hybridized carbons (Fsp3) is 0.0370. The molecular weight excluding hydrogens is 386 g/mol. The molecule has 4 heteroatoms. The number of fused-ring (bicyclic) bond motifs is 3. The van der Waals surface area contributed by atoms with E-state index in [0.717, 1.165) is 22.3 Å². The zero-order valence-electron chi connectivity index (χ0n) is 16.5. The smallest absolute Gasteiger partial charge is 0.262 e. The Labute approximate surface area is 179 Å². The lowest BCUT2D eigenvalue weighted by atomic mass is 9.93. The Morgan fingerprint density at radius 3 is 1.84 bits per heavy atom. The maximum absolute atomic E-state index is 13.6. The van der Waals surface area contributed by atoms with Gasteiger partial charge in [-0.15, -0.1) is 0 Å². The average molecular weight is 403 g/mol. The number of nitrogens with zero attached hydrogens (tertiary/aromatic N) is 1. The summed E-state index contributed by atoms with van der Waals surface area (Å²) >= 11 is 0. The van der Waals surface area contributed by atoms with Crippen LogP contribution < -0.4 is 4.74 Å². The van der Waals surface area contributed by atoms with Gasteiger partial charge in [0, 0.05) is 11.1 Å². The fourth-order valence-electron chi connectivity index (χ4n) is 4.47. The summed E-state index contributed by atoms with van der Waals surface area (Å²) in [6.45, 7) is 0. The Kier molecular flexibility index (Phi) is 3.80. The molecule has 0 saturated heterocycles. The standard InChI is InChI=1S/C27H17NO3/c29-26-19-15-14-18(17-8-2-1-3-9-17)16-22(19)27(30)28(26)25-20-10-4-6-12-23(20)31-24-13-7-5-11-21(24)25/h1-16,25H. The molecule has 4 nitrogen and oxygen atoms in total. The van der Waals surface area contributed by atoms with Crippen molar-refractivity contribution in [2.45, 2.75) is 6.04 Å². The van der Waals surface area contributed by atoms with Gasteiger partial charge in [-0.05, 0) is 35.4 Å². The van der Waals surface area contributed by atoms with E-state index in [1.165, 1.54) is 4.90 Å². The van der Waals surface area contributed by atoms with Crippen LogP contribution in [0.5, 0.6) is 11.5 Å². The largest absolute Gasteiger partial charge is 0.457 e. The number of imide groups is 1. The minimum Gasteiger partial charge on any atom is -0.457 e. The summed E-state index contributed by atoms with van der Waals surface area (Å²) in [4.78, 5) is 28.4. The molecule has 148 valence electrons. The number of hydrogen-bond donors (Lipinski definition) is 0. The van der Waals surface area contributed by atoms with Crippen LogP contribution in [0.1, 0.15) is 37.9 Å². The van der Waals surface area contributed by atoms with E-state index in [-0.39, 0.29) is 11.8 Å². The quantitative estimate of drug-likeness (QED) is 0.395. The number of amides is 2. The minimum absolute atomic E-state index is 0.281. The van der Waals surface area contributed by atoms with Crippen LogP contribution in [0, 0.1) is 0 Å². The second-order valence-corrected chi connectivity index (χ2v) is 7.69. The van der Waals surface area contributed by atoms with Crippen LogP contribution in [0.4, 0.5) is 0 Å². The minimum atomic E-state index is -0.534. The highest BCUT2D eigenvalue weighted by Crippen LogP contribution is 2.47. The highest BCUT2D eigenvalue weighted by Gasteiger charge is 2.44. The highest BCUT2D eigenvalue weighted by atomic mass is 16.5. The van der Waals surface area contributed by atoms with Crippen LogP contribution >= 0.6 is 0 Å². The van der Waals surface area contributed by atoms with Gasteiger partial charge in [-0.25, -0.2) is 0 Å². The predicted molar refractivity (Wildman–Crippen MR) is 117 cm³/mol. The predicted octanol–water partition coefficient (Wildman–Crippen LogP) is 5.84. The molecule has 4 aromatic carbocycles. The maximum atomic E-state index is 13.6. The van der Waals surface area contributed by atoms with Crippen molar-refractivity contribution < 1.29 is 14.3 Å². The lowest BCUT2D eigenvalue weighted by molar-refractivity contribution is 0.0603. The third-order valence-corrected chi connectivity index (χ3v) is 5.93. The molecule has 6 rings (SSSR count). The summed E-state index contributed by atoms with van der Waals surface area (Å²) in [5, 5.41) is 0. The molecule has 2 amide bonds. The van der Waals surface area contributed by atoms with Gasteiger partial charge in [-0.3, -0.25) is 14.5 Å². The number of benzene rings is 4. The van der Waals surface area contributed by atoms with E-state index < -0.39 is 6.04 Å². The van der Waals surface area contributed by atoms with Gasteiger partial charge in [0.2, 0.25) is 0 Å². The number of para-hydroxylation sites is 2. The summed E-state index contributed by atoms with van der Waals surface area (Å²) < 4.78 is 6.04. The Morgan fingerprint density at radius 1 is 0.581 bits per heavy atom. The lowest BCUT2D eigenvalue weighted by Gasteiger charge is -2.33. The van der Waals surface area contributed by atoms with Crippen LogP contribution in [-0.2, 0) is 0 Å². The monoisotopic (exact) mass is 403 g/mol. The Hall–Kier alpha value is -4.18. The third-order valence-electron chi connectivity index (χ3n) is 5.93. The van der Waals surface area contributed by atoms with Gasteiger partial charge >= 0.3 is 0 Å². The van der Waals surface area contributed by atoms with Gasteiger partial charge in [0.1, 0.15) is 11.5 Å². The Balaban J connectivity index is 1.49. The first kappa shape index (κ1) is 17.7. The van der Waals surface area contributed by atoms with Gasteiger partial charge in [0.15, 0.2) is 0 Å². The second kappa shape index (κ2) is 6.67. The molecule has 0 fully saturated rings. The van der Waals surface area contributed by atoms with Crippen molar-refractivity contribution in [3.63, 3.8) is 0 Å². The maximum Gasteiger partial charge on any atom is 0.262 e. The molecule has 0 radical (unpaired) electrons. The summed E-state index contributed by atoms with van der Waals surface area (Å²) in [7, 11) is 0. The van der Waals surface area contributed by atoms with Gasteiger partial charge in [-0.2, -0.15) is 0 Å². The molecule has 0 spiro atoms. The SMILES string of the molecule is O=C1c2ccc(-c3ccccc3)cc2C(=O)N1C1c2ccccc2Oc2ccccc21. The zero-order valence-corrected chi connectivity index (χ0v) is 16.5. The molecule has 0 bridgehead atoms. The summed E-state index contributed by atoms with van der Waals surface area (Å²) in [6.07, 6.45) is 0. The van der Waals surface area contributed by atoms with Gasteiger partial charge in [-0.1, -0.05) is 72.8 Å².